The van der Waals surface area contributed by atoms with Gasteiger partial charge in [-0.25, -0.2) is 26.3 Å². The molecule has 0 unspecified atom stereocenters. The summed E-state index contributed by atoms with van der Waals surface area (Å²) < 4.78 is 121. The van der Waals surface area contributed by atoms with Crippen LogP contribution in [0.25, 0.3) is 11.1 Å². The monoisotopic (exact) mass is 509 g/mol. The average molecular weight is 509 g/mol. The van der Waals surface area contributed by atoms with Gasteiger partial charge in [0, 0.05) is 24.6 Å². The van der Waals surface area contributed by atoms with E-state index in [4.69, 9.17) is 0 Å². The van der Waals surface area contributed by atoms with Gasteiger partial charge in [0.15, 0.2) is 29.0 Å². The summed E-state index contributed by atoms with van der Waals surface area (Å²) in [6.45, 7) is -0.357. The van der Waals surface area contributed by atoms with Gasteiger partial charge in [-0.05, 0) is 30.7 Å². The van der Waals surface area contributed by atoms with Crippen LogP contribution >= 0.6 is 0 Å². The van der Waals surface area contributed by atoms with Crippen LogP contribution in [0.2, 0.25) is 0 Å². The van der Waals surface area contributed by atoms with Crippen LogP contribution in [0.5, 0.6) is 5.75 Å². The number of methoxy groups -OCH3 is 1. The Kier molecular flexibility index (Phi) is 6.14. The van der Waals surface area contributed by atoms with E-state index in [0.29, 0.717) is 23.8 Å². The molecule has 1 aliphatic heterocycles. The highest BCUT2D eigenvalue weighted by Crippen LogP contribution is 2.46. The number of hydrogen-bond acceptors (Lipinski definition) is 4. The average Bonchev–Trinajstić information content (AvgIpc) is 2.78. The van der Waals surface area contributed by atoms with E-state index < -0.39 is 75.5 Å². The Hall–Kier alpha value is -3.38. The number of fused-ring (bicyclic) bond motifs is 1. The molecule has 0 N–H and O–H groups in total. The first-order valence-corrected chi connectivity index (χ1v) is 10.2. The number of alkyl halides is 2. The van der Waals surface area contributed by atoms with Gasteiger partial charge < -0.3 is 9.47 Å². The van der Waals surface area contributed by atoms with Gasteiger partial charge in [0.05, 0.1) is 18.4 Å². The van der Waals surface area contributed by atoms with Gasteiger partial charge in [-0.2, -0.15) is 8.78 Å². The van der Waals surface area contributed by atoms with Crippen molar-refractivity contribution in [3.63, 3.8) is 0 Å². The molecule has 1 fully saturated rings. The third-order valence-corrected chi connectivity index (χ3v) is 6.01. The highest BCUT2D eigenvalue weighted by atomic mass is 19.3. The quantitative estimate of drug-likeness (QED) is 0.244. The van der Waals surface area contributed by atoms with Crippen LogP contribution < -0.4 is 9.64 Å². The zero-order valence-electron chi connectivity index (χ0n) is 17.7. The Bertz CT molecular complexity index is 1200. The molecule has 2 aliphatic rings. The minimum Gasteiger partial charge on any atom is -0.469 e. The predicted molar refractivity (Wildman–Crippen MR) is 102 cm³/mol. The van der Waals surface area contributed by atoms with Crippen molar-refractivity contribution in [1.29, 1.82) is 0 Å². The first-order valence-electron chi connectivity index (χ1n) is 10.2. The maximum Gasteiger partial charge on any atom is 0.482 e. The minimum absolute atomic E-state index is 0.0758. The van der Waals surface area contributed by atoms with Crippen molar-refractivity contribution in [3.05, 3.63) is 47.0 Å². The molecular formula is C22H15F8NO4. The second-order valence-corrected chi connectivity index (χ2v) is 8.26. The predicted octanol–water partition coefficient (Wildman–Crippen LogP) is 5.10. The summed E-state index contributed by atoms with van der Waals surface area (Å²) >= 11 is 0. The van der Waals surface area contributed by atoms with Gasteiger partial charge in [-0.15, -0.1) is 0 Å². The molecule has 0 bridgehead atoms. The number of anilines is 1. The largest absolute Gasteiger partial charge is 0.482 e. The lowest BCUT2D eigenvalue weighted by Crippen LogP contribution is -2.53. The Morgan fingerprint density at radius 2 is 1.57 bits per heavy atom. The molecule has 1 heterocycles. The number of halogens is 8. The van der Waals surface area contributed by atoms with Crippen LogP contribution in [0, 0.1) is 46.7 Å². The molecule has 0 aromatic heterocycles. The molecule has 1 amide bonds. The Morgan fingerprint density at radius 3 is 2.14 bits per heavy atom. The first kappa shape index (κ1) is 24.7. The number of esters is 1. The van der Waals surface area contributed by atoms with Gasteiger partial charge in [0.25, 0.3) is 0 Å². The fourth-order valence-corrected chi connectivity index (χ4v) is 4.27. The van der Waals surface area contributed by atoms with Gasteiger partial charge in [0.1, 0.15) is 5.82 Å². The number of nitrogens with zero attached hydrogens (tertiary/aromatic N) is 1. The van der Waals surface area contributed by atoms with E-state index in [1.54, 1.807) is 0 Å². The first-order chi connectivity index (χ1) is 16.4. The number of amides is 1. The molecule has 0 spiro atoms. The fraction of sp³-hybridized carbons (Fsp3) is 0.364. The Labute approximate surface area is 192 Å². The molecule has 4 rings (SSSR count). The summed E-state index contributed by atoms with van der Waals surface area (Å²) in [5.41, 5.74) is -3.33. The molecule has 0 atom stereocenters. The van der Waals surface area contributed by atoms with Crippen molar-refractivity contribution in [2.45, 2.75) is 25.4 Å². The molecule has 2 aromatic rings. The molecule has 0 radical (unpaired) electrons. The lowest BCUT2D eigenvalue weighted by Gasteiger charge is -2.41. The molecule has 5 nitrogen and oxygen atoms in total. The van der Waals surface area contributed by atoms with Crippen LogP contribution in [0.3, 0.4) is 0 Å². The van der Waals surface area contributed by atoms with E-state index in [2.05, 4.69) is 9.47 Å². The minimum atomic E-state index is -4.40. The molecule has 2 aromatic carbocycles. The van der Waals surface area contributed by atoms with Crippen LogP contribution in [0.4, 0.5) is 40.8 Å². The summed E-state index contributed by atoms with van der Waals surface area (Å²) in [5, 5.41) is 0. The van der Waals surface area contributed by atoms with Crippen molar-refractivity contribution in [3.8, 4) is 16.9 Å². The number of rotatable bonds is 5. The van der Waals surface area contributed by atoms with Crippen LogP contribution in [0.15, 0.2) is 12.1 Å². The second kappa shape index (κ2) is 8.68. The standard InChI is InChI=1S/C22H15F8NO4/c1-34-14(32)4-8-2-9(3-8)7-31-12-5-10(11(23)6-13(12)35-22(29,30)21(31)33)15-16(24)18(26)20(28)19(27)17(15)25/h5-6,8-9H,2-4,7H2,1H3. The van der Waals surface area contributed by atoms with Crippen molar-refractivity contribution in [2.24, 2.45) is 11.8 Å². The molecule has 1 saturated carbocycles. The number of benzene rings is 2. The maximum absolute atomic E-state index is 14.7. The summed E-state index contributed by atoms with van der Waals surface area (Å²) in [4.78, 5) is 24.2. The Balaban J connectivity index is 1.74. The third-order valence-electron chi connectivity index (χ3n) is 6.01. The fourth-order valence-electron chi connectivity index (χ4n) is 4.27. The van der Waals surface area contributed by atoms with Gasteiger partial charge >= 0.3 is 18.0 Å². The lowest BCUT2D eigenvalue weighted by molar-refractivity contribution is -0.193. The summed E-state index contributed by atoms with van der Waals surface area (Å²) in [6.07, 6.45) is -3.62. The van der Waals surface area contributed by atoms with E-state index in [0.717, 1.165) is 0 Å². The topological polar surface area (TPSA) is 55.8 Å². The second-order valence-electron chi connectivity index (χ2n) is 8.26. The molecular weight excluding hydrogens is 494 g/mol. The summed E-state index contributed by atoms with van der Waals surface area (Å²) in [5.74, 6) is -17.2. The maximum atomic E-state index is 14.7. The zero-order chi connectivity index (χ0) is 25.8. The van der Waals surface area contributed by atoms with Gasteiger partial charge in [0.2, 0.25) is 5.82 Å². The van der Waals surface area contributed by atoms with E-state index in [1.807, 2.05) is 0 Å². The van der Waals surface area contributed by atoms with E-state index in [-0.39, 0.29) is 30.9 Å². The van der Waals surface area contributed by atoms with Crippen molar-refractivity contribution in [2.75, 3.05) is 18.6 Å². The number of carbonyl (C=O) groups is 2. The summed E-state index contributed by atoms with van der Waals surface area (Å²) in [6, 6.07) is 0.789. The van der Waals surface area contributed by atoms with Crippen LogP contribution in [0.1, 0.15) is 19.3 Å². The summed E-state index contributed by atoms with van der Waals surface area (Å²) in [7, 11) is 1.20. The normalized spacial score (nSPS) is 20.7. The van der Waals surface area contributed by atoms with E-state index >= 15 is 0 Å². The lowest BCUT2D eigenvalue weighted by atomic mass is 9.73. The molecule has 13 heteroatoms. The van der Waals surface area contributed by atoms with Crippen molar-refractivity contribution >= 4 is 17.6 Å². The molecule has 1 aliphatic carbocycles. The highest BCUT2D eigenvalue weighted by molar-refractivity contribution is 6.01. The zero-order valence-corrected chi connectivity index (χ0v) is 17.7. The Morgan fingerprint density at radius 1 is 1.00 bits per heavy atom. The van der Waals surface area contributed by atoms with Crippen LogP contribution in [-0.4, -0.2) is 31.6 Å². The molecule has 35 heavy (non-hydrogen) atoms. The van der Waals surface area contributed by atoms with Gasteiger partial charge in [-0.3, -0.25) is 14.5 Å². The van der Waals surface area contributed by atoms with E-state index in [1.165, 1.54) is 7.11 Å². The number of hydrogen-bond donors (Lipinski definition) is 0. The smallest absolute Gasteiger partial charge is 0.469 e. The third kappa shape index (κ3) is 4.16. The number of carbonyl (C=O) groups excluding carboxylic acids is 2. The highest BCUT2D eigenvalue weighted by Gasteiger charge is 2.52. The van der Waals surface area contributed by atoms with E-state index in [9.17, 15) is 44.7 Å². The number of ether oxygens (including phenoxy) is 2. The SMILES string of the molecule is COC(=O)CC1CC(CN2C(=O)C(F)(F)Oc3cc(F)c(-c4c(F)c(F)c(F)c(F)c4F)cc32)C1. The van der Waals surface area contributed by atoms with Crippen molar-refractivity contribution in [1.82, 2.24) is 0 Å². The molecule has 188 valence electrons. The van der Waals surface area contributed by atoms with Crippen molar-refractivity contribution < 1.29 is 54.2 Å². The van der Waals surface area contributed by atoms with Crippen LogP contribution in [-0.2, 0) is 14.3 Å². The molecule has 0 saturated heterocycles. The van der Waals surface area contributed by atoms with Gasteiger partial charge in [-0.1, -0.05) is 0 Å².